The number of rotatable bonds is 5. The molecule has 1 aromatic carbocycles. The lowest BCUT2D eigenvalue weighted by Gasteiger charge is -2.13. The summed E-state index contributed by atoms with van der Waals surface area (Å²) in [5.74, 6) is -5.84. The Balaban J connectivity index is 1.87. The number of primary amides is 1. The van der Waals surface area contributed by atoms with Crippen molar-refractivity contribution in [3.63, 3.8) is 0 Å². The number of benzene rings is 1. The summed E-state index contributed by atoms with van der Waals surface area (Å²) in [6.45, 7) is 1.38. The Morgan fingerprint density at radius 1 is 1.23 bits per heavy atom. The molecule has 7 nitrogen and oxygen atoms in total. The van der Waals surface area contributed by atoms with E-state index >= 15 is 0 Å². The molecule has 2 N–H and O–H groups in total. The van der Waals surface area contributed by atoms with Crippen molar-refractivity contribution in [2.24, 2.45) is 5.73 Å². The highest BCUT2D eigenvalue weighted by Gasteiger charge is 2.34. The lowest BCUT2D eigenvalue weighted by Crippen LogP contribution is -2.16. The number of nitrogens with zero attached hydrogens (tertiary/aromatic N) is 3. The van der Waals surface area contributed by atoms with Crippen LogP contribution < -0.4 is 10.5 Å². The summed E-state index contributed by atoms with van der Waals surface area (Å²) in [5.41, 5.74) is 3.92. The van der Waals surface area contributed by atoms with Gasteiger partial charge >= 0.3 is 6.18 Å². The summed E-state index contributed by atoms with van der Waals surface area (Å²) in [6, 6.07) is 1.72. The van der Waals surface area contributed by atoms with Gasteiger partial charge in [-0.15, -0.1) is 0 Å². The summed E-state index contributed by atoms with van der Waals surface area (Å²) in [5, 5.41) is -0.304. The van der Waals surface area contributed by atoms with Crippen LogP contribution in [0.3, 0.4) is 0 Å². The molecule has 0 aliphatic heterocycles. The van der Waals surface area contributed by atoms with Crippen molar-refractivity contribution >= 4 is 17.5 Å². The van der Waals surface area contributed by atoms with Gasteiger partial charge in [0.05, 0.1) is 0 Å². The maximum Gasteiger partial charge on any atom is 0.451 e. The second-order valence-corrected chi connectivity index (χ2v) is 6.17. The van der Waals surface area contributed by atoms with Crippen molar-refractivity contribution in [2.45, 2.75) is 19.2 Å². The Labute approximate surface area is 169 Å². The van der Waals surface area contributed by atoms with Crippen LogP contribution in [0.5, 0.6) is 5.75 Å². The van der Waals surface area contributed by atoms with Crippen LogP contribution in [-0.4, -0.2) is 20.9 Å². The van der Waals surface area contributed by atoms with Crippen LogP contribution in [0, 0.1) is 11.6 Å². The number of carbonyl (C=O) groups is 1. The van der Waals surface area contributed by atoms with Crippen LogP contribution in [0.15, 0.2) is 28.9 Å². The van der Waals surface area contributed by atoms with Gasteiger partial charge in [0.1, 0.15) is 17.1 Å². The Morgan fingerprint density at radius 2 is 1.87 bits per heavy atom. The number of halogens is 6. The molecule has 0 saturated heterocycles. The smallest absolute Gasteiger partial charge is 0.451 e. The molecule has 2 heterocycles. The zero-order valence-corrected chi connectivity index (χ0v) is 15.6. The summed E-state index contributed by atoms with van der Waals surface area (Å²) >= 11 is 5.93. The summed E-state index contributed by atoms with van der Waals surface area (Å²) in [7, 11) is 0. The Bertz CT molecular complexity index is 1100. The van der Waals surface area contributed by atoms with Gasteiger partial charge in [-0.25, -0.2) is 23.7 Å². The van der Waals surface area contributed by atoms with Crippen LogP contribution in [-0.2, 0) is 6.18 Å². The molecule has 158 valence electrons. The van der Waals surface area contributed by atoms with Crippen molar-refractivity contribution < 1.29 is 35.9 Å². The maximum atomic E-state index is 14.3. The van der Waals surface area contributed by atoms with E-state index in [-0.39, 0.29) is 22.4 Å². The Morgan fingerprint density at radius 3 is 2.43 bits per heavy atom. The third kappa shape index (κ3) is 4.17. The van der Waals surface area contributed by atoms with Gasteiger partial charge in [-0.2, -0.15) is 13.2 Å². The first-order chi connectivity index (χ1) is 14.0. The third-order valence-electron chi connectivity index (χ3n) is 3.73. The molecule has 0 bridgehead atoms. The van der Waals surface area contributed by atoms with Gasteiger partial charge in [0.2, 0.25) is 16.9 Å². The van der Waals surface area contributed by atoms with Crippen LogP contribution in [0.4, 0.5) is 22.0 Å². The quantitative estimate of drug-likeness (QED) is 0.583. The molecule has 3 aromatic rings. The largest absolute Gasteiger partial charge is 0.478 e. The van der Waals surface area contributed by atoms with Crippen LogP contribution in [0.1, 0.15) is 35.1 Å². The van der Waals surface area contributed by atoms with Gasteiger partial charge in [0, 0.05) is 18.0 Å². The lowest BCUT2D eigenvalue weighted by atomic mass is 10.1. The molecular weight excluding hydrogens is 439 g/mol. The zero-order valence-electron chi connectivity index (χ0n) is 14.8. The molecule has 0 aliphatic carbocycles. The molecule has 2 aromatic heterocycles. The zero-order chi connectivity index (χ0) is 22.2. The number of amides is 1. The third-order valence-corrected chi connectivity index (χ3v) is 3.99. The summed E-state index contributed by atoms with van der Waals surface area (Å²) in [6.07, 6.45) is -4.10. The molecular formula is C17H10ClF5N4O3. The highest BCUT2D eigenvalue weighted by molar-refractivity contribution is 6.31. The SMILES string of the molecule is CC(Oc1ccc(F)c(C(N)=O)c1F)c1nc(-c2cnc(C(F)(F)F)nc2)c(Cl)o1. The van der Waals surface area contributed by atoms with E-state index in [0.29, 0.717) is 0 Å². The minimum Gasteiger partial charge on any atom is -0.478 e. The molecule has 0 spiro atoms. The van der Waals surface area contributed by atoms with E-state index in [0.717, 1.165) is 24.5 Å². The lowest BCUT2D eigenvalue weighted by molar-refractivity contribution is -0.144. The molecule has 0 aliphatic rings. The number of ether oxygens (including phenoxy) is 1. The minimum absolute atomic E-state index is 0.0270. The second kappa shape index (κ2) is 7.86. The average molecular weight is 449 g/mol. The Hall–Kier alpha value is -3.28. The van der Waals surface area contributed by atoms with E-state index < -0.39 is 47.0 Å². The monoisotopic (exact) mass is 448 g/mol. The number of hydrogen-bond acceptors (Lipinski definition) is 6. The number of alkyl halides is 3. The fourth-order valence-corrected chi connectivity index (χ4v) is 2.59. The predicted octanol–water partition coefficient (Wildman–Crippen LogP) is 4.32. The fourth-order valence-electron chi connectivity index (χ4n) is 2.36. The van der Waals surface area contributed by atoms with Gasteiger partial charge in [0.15, 0.2) is 17.7 Å². The number of carbonyl (C=O) groups excluding carboxylic acids is 1. The van der Waals surface area contributed by atoms with Crippen molar-refractivity contribution in [3.8, 4) is 17.0 Å². The highest BCUT2D eigenvalue weighted by Crippen LogP contribution is 2.33. The van der Waals surface area contributed by atoms with Gasteiger partial charge in [-0.3, -0.25) is 4.79 Å². The van der Waals surface area contributed by atoms with E-state index in [1.165, 1.54) is 6.92 Å². The van der Waals surface area contributed by atoms with E-state index in [2.05, 4.69) is 15.0 Å². The standard InChI is InChI=1S/C17H10ClF5N4O3/c1-6(29-9-3-2-8(19)10(11(9)20)14(24)28)15-27-12(13(18)30-15)7-4-25-16(26-5-7)17(21,22)23/h2-6H,1H3,(H2,24,28). The van der Waals surface area contributed by atoms with Gasteiger partial charge < -0.3 is 14.9 Å². The van der Waals surface area contributed by atoms with E-state index in [1.54, 1.807) is 0 Å². The fraction of sp³-hybridized carbons (Fsp3) is 0.176. The first-order valence-electron chi connectivity index (χ1n) is 7.99. The highest BCUT2D eigenvalue weighted by atomic mass is 35.5. The van der Waals surface area contributed by atoms with Crippen LogP contribution >= 0.6 is 11.6 Å². The van der Waals surface area contributed by atoms with Gasteiger partial charge in [-0.1, -0.05) is 0 Å². The summed E-state index contributed by atoms with van der Waals surface area (Å²) < 4.78 is 76.1. The van der Waals surface area contributed by atoms with E-state index in [4.69, 9.17) is 26.5 Å². The number of oxazole rings is 1. The molecule has 3 rings (SSSR count). The average Bonchev–Trinajstić information content (AvgIpc) is 3.05. The van der Waals surface area contributed by atoms with E-state index in [1.807, 2.05) is 0 Å². The van der Waals surface area contributed by atoms with E-state index in [9.17, 15) is 26.7 Å². The molecule has 0 radical (unpaired) electrons. The normalized spacial score (nSPS) is 12.6. The number of aromatic nitrogens is 3. The number of hydrogen-bond donors (Lipinski definition) is 1. The van der Waals surface area contributed by atoms with Crippen molar-refractivity contribution in [1.29, 1.82) is 0 Å². The van der Waals surface area contributed by atoms with Crippen molar-refractivity contribution in [3.05, 3.63) is 58.7 Å². The first kappa shape index (κ1) is 21.4. The summed E-state index contributed by atoms with van der Waals surface area (Å²) in [4.78, 5) is 21.6. The van der Waals surface area contributed by atoms with Crippen LogP contribution in [0.25, 0.3) is 11.3 Å². The first-order valence-corrected chi connectivity index (χ1v) is 8.37. The second-order valence-electron chi connectivity index (χ2n) is 5.83. The van der Waals surface area contributed by atoms with Gasteiger partial charge in [-0.05, 0) is 30.7 Å². The molecule has 0 saturated carbocycles. The minimum atomic E-state index is -4.72. The van der Waals surface area contributed by atoms with Crippen molar-refractivity contribution in [1.82, 2.24) is 15.0 Å². The number of nitrogens with two attached hydrogens (primary N) is 1. The van der Waals surface area contributed by atoms with Crippen LogP contribution in [0.2, 0.25) is 5.22 Å². The molecule has 0 fully saturated rings. The van der Waals surface area contributed by atoms with Gasteiger partial charge in [0.25, 0.3) is 5.91 Å². The molecule has 1 amide bonds. The molecule has 30 heavy (non-hydrogen) atoms. The molecule has 1 unspecified atom stereocenters. The Kier molecular flexibility index (Phi) is 5.61. The molecule has 13 heteroatoms. The maximum absolute atomic E-state index is 14.3. The van der Waals surface area contributed by atoms with Crippen molar-refractivity contribution in [2.75, 3.05) is 0 Å². The predicted molar refractivity (Wildman–Crippen MR) is 91.5 cm³/mol. The molecule has 1 atom stereocenters. The topological polar surface area (TPSA) is 104 Å².